The summed E-state index contributed by atoms with van der Waals surface area (Å²) in [6.07, 6.45) is 0.0220. The monoisotopic (exact) mass is 293 g/mol. The molecule has 1 aromatic rings. The van der Waals surface area contributed by atoms with Gasteiger partial charge in [0.15, 0.2) is 0 Å². The molecule has 3 N–H and O–H groups in total. The van der Waals surface area contributed by atoms with Gasteiger partial charge in [-0.25, -0.2) is 0 Å². The van der Waals surface area contributed by atoms with E-state index in [1.54, 1.807) is 20.3 Å². The molecule has 0 aromatic heterocycles. The molecule has 6 heteroatoms. The van der Waals surface area contributed by atoms with Crippen molar-refractivity contribution in [1.82, 2.24) is 4.90 Å². The van der Waals surface area contributed by atoms with Gasteiger partial charge in [0, 0.05) is 38.7 Å². The van der Waals surface area contributed by atoms with Gasteiger partial charge in [0.05, 0.1) is 18.8 Å². The van der Waals surface area contributed by atoms with Crippen LogP contribution in [-0.2, 0) is 14.3 Å². The number of amides is 1. The van der Waals surface area contributed by atoms with Crippen LogP contribution in [0, 0.1) is 6.92 Å². The number of carbonyl (C=O) groups is 1. The number of carbonyl (C=O) groups excluding carboxylic acids is 1. The van der Waals surface area contributed by atoms with Crippen LogP contribution in [0.4, 0.5) is 11.4 Å². The van der Waals surface area contributed by atoms with Gasteiger partial charge < -0.3 is 20.5 Å². The topological polar surface area (TPSA) is 76.8 Å². The summed E-state index contributed by atoms with van der Waals surface area (Å²) in [7, 11) is 3.33. The van der Waals surface area contributed by atoms with Crippen molar-refractivity contribution in [3.63, 3.8) is 0 Å². The lowest BCUT2D eigenvalue weighted by atomic mass is 10.2. The number of rotatable bonds is 5. The van der Waals surface area contributed by atoms with Crippen LogP contribution in [0.2, 0.25) is 0 Å². The van der Waals surface area contributed by atoms with Crippen LogP contribution in [0.15, 0.2) is 18.2 Å². The second kappa shape index (κ2) is 6.89. The summed E-state index contributed by atoms with van der Waals surface area (Å²) in [6.45, 7) is 3.64. The first-order chi connectivity index (χ1) is 10.0. The minimum atomic E-state index is -0.0599. The summed E-state index contributed by atoms with van der Waals surface area (Å²) < 4.78 is 10.7. The first kappa shape index (κ1) is 15.8. The van der Waals surface area contributed by atoms with Gasteiger partial charge in [-0.15, -0.1) is 0 Å². The highest BCUT2D eigenvalue weighted by molar-refractivity contribution is 5.93. The van der Waals surface area contributed by atoms with E-state index in [1.165, 1.54) is 0 Å². The summed E-state index contributed by atoms with van der Waals surface area (Å²) in [5.74, 6) is -0.0599. The molecule has 0 saturated carbocycles. The standard InChI is InChI=1S/C15H23N3O3/c1-10-4-5-11(16)6-12(10)17-15(19)9-18-7-13(20-2)14(8-18)21-3/h4-6,13-14H,7-9,16H2,1-3H3,(H,17,19). The van der Waals surface area contributed by atoms with Crippen molar-refractivity contribution >= 4 is 17.3 Å². The van der Waals surface area contributed by atoms with Crippen LogP contribution >= 0.6 is 0 Å². The number of anilines is 2. The summed E-state index contributed by atoms with van der Waals surface area (Å²) in [5, 5.41) is 2.90. The molecule has 1 aliphatic rings. The minimum absolute atomic E-state index is 0.0110. The SMILES string of the molecule is COC1CN(CC(=O)Nc2cc(N)ccc2C)CC1OC. The fourth-order valence-electron chi connectivity index (χ4n) is 2.57. The molecule has 21 heavy (non-hydrogen) atoms. The third kappa shape index (κ3) is 3.93. The molecule has 1 amide bonds. The van der Waals surface area contributed by atoms with Crippen molar-refractivity contribution < 1.29 is 14.3 Å². The number of methoxy groups -OCH3 is 2. The molecule has 0 bridgehead atoms. The van der Waals surface area contributed by atoms with Crippen molar-refractivity contribution in [3.05, 3.63) is 23.8 Å². The van der Waals surface area contributed by atoms with E-state index in [-0.39, 0.29) is 18.1 Å². The number of hydrogen-bond donors (Lipinski definition) is 2. The quantitative estimate of drug-likeness (QED) is 0.788. The Balaban J connectivity index is 1.92. The Kier molecular flexibility index (Phi) is 5.17. The molecule has 6 nitrogen and oxygen atoms in total. The molecular weight excluding hydrogens is 270 g/mol. The molecule has 2 unspecified atom stereocenters. The zero-order valence-electron chi connectivity index (χ0n) is 12.8. The van der Waals surface area contributed by atoms with Gasteiger partial charge in [0.25, 0.3) is 0 Å². The highest BCUT2D eigenvalue weighted by atomic mass is 16.5. The van der Waals surface area contributed by atoms with Crippen molar-refractivity contribution in [2.24, 2.45) is 0 Å². The number of hydrogen-bond acceptors (Lipinski definition) is 5. The molecule has 0 radical (unpaired) electrons. The molecule has 2 atom stereocenters. The van der Waals surface area contributed by atoms with E-state index in [0.29, 0.717) is 25.3 Å². The average Bonchev–Trinajstić information content (AvgIpc) is 2.84. The van der Waals surface area contributed by atoms with Crippen LogP contribution in [0.5, 0.6) is 0 Å². The average molecular weight is 293 g/mol. The smallest absolute Gasteiger partial charge is 0.238 e. The fourth-order valence-corrected chi connectivity index (χ4v) is 2.57. The zero-order valence-corrected chi connectivity index (χ0v) is 12.8. The molecule has 1 heterocycles. The first-order valence-corrected chi connectivity index (χ1v) is 6.97. The maximum atomic E-state index is 12.1. The Morgan fingerprint density at radius 3 is 2.52 bits per heavy atom. The Labute approximate surface area is 125 Å². The number of aryl methyl sites for hydroxylation is 1. The lowest BCUT2D eigenvalue weighted by Crippen LogP contribution is -2.32. The third-order valence-corrected chi connectivity index (χ3v) is 3.80. The summed E-state index contributed by atoms with van der Waals surface area (Å²) >= 11 is 0. The van der Waals surface area contributed by atoms with Crippen LogP contribution in [-0.4, -0.2) is 56.9 Å². The molecule has 0 spiro atoms. The lowest BCUT2D eigenvalue weighted by molar-refractivity contribution is -0.117. The van der Waals surface area contributed by atoms with Crippen LogP contribution in [0.25, 0.3) is 0 Å². The van der Waals surface area contributed by atoms with E-state index in [1.807, 2.05) is 24.0 Å². The van der Waals surface area contributed by atoms with E-state index in [2.05, 4.69) is 5.32 Å². The third-order valence-electron chi connectivity index (χ3n) is 3.80. The maximum Gasteiger partial charge on any atom is 0.238 e. The van der Waals surface area contributed by atoms with Gasteiger partial charge in [0.1, 0.15) is 0 Å². The predicted octanol–water partition coefficient (Wildman–Crippen LogP) is 0.861. The Bertz CT molecular complexity index is 495. The molecule has 1 aromatic carbocycles. The second-order valence-electron chi connectivity index (χ2n) is 5.36. The van der Waals surface area contributed by atoms with Gasteiger partial charge in [0.2, 0.25) is 5.91 Å². The van der Waals surface area contributed by atoms with Crippen LogP contribution < -0.4 is 11.1 Å². The summed E-state index contributed by atoms with van der Waals surface area (Å²) in [5.41, 5.74) is 8.12. The normalized spacial score (nSPS) is 22.4. The molecule has 1 fully saturated rings. The summed E-state index contributed by atoms with van der Waals surface area (Å²) in [4.78, 5) is 14.2. The number of ether oxygens (including phenoxy) is 2. The number of nitrogens with two attached hydrogens (primary N) is 1. The van der Waals surface area contributed by atoms with Gasteiger partial charge in [-0.2, -0.15) is 0 Å². The highest BCUT2D eigenvalue weighted by Gasteiger charge is 2.33. The first-order valence-electron chi connectivity index (χ1n) is 6.97. The predicted molar refractivity (Wildman–Crippen MR) is 82.3 cm³/mol. The van der Waals surface area contributed by atoms with E-state index in [9.17, 15) is 4.79 Å². The Hall–Kier alpha value is -1.63. The van der Waals surface area contributed by atoms with E-state index >= 15 is 0 Å². The van der Waals surface area contributed by atoms with Crippen LogP contribution in [0.3, 0.4) is 0 Å². The van der Waals surface area contributed by atoms with Gasteiger partial charge in [-0.3, -0.25) is 9.69 Å². The number of nitrogen functional groups attached to an aromatic ring is 1. The lowest BCUT2D eigenvalue weighted by Gasteiger charge is -2.15. The van der Waals surface area contributed by atoms with Crippen molar-refractivity contribution in [1.29, 1.82) is 0 Å². The summed E-state index contributed by atoms with van der Waals surface area (Å²) in [6, 6.07) is 5.48. The molecule has 0 aliphatic carbocycles. The molecule has 1 saturated heterocycles. The zero-order chi connectivity index (χ0) is 15.4. The van der Waals surface area contributed by atoms with Crippen molar-refractivity contribution in [2.45, 2.75) is 19.1 Å². The van der Waals surface area contributed by atoms with E-state index in [0.717, 1.165) is 11.3 Å². The fraction of sp³-hybridized carbons (Fsp3) is 0.533. The van der Waals surface area contributed by atoms with Crippen molar-refractivity contribution in [2.75, 3.05) is 44.9 Å². The largest absolute Gasteiger partial charge is 0.399 e. The highest BCUT2D eigenvalue weighted by Crippen LogP contribution is 2.19. The van der Waals surface area contributed by atoms with Gasteiger partial charge in [-0.1, -0.05) is 6.07 Å². The number of benzene rings is 1. The van der Waals surface area contributed by atoms with Gasteiger partial charge in [-0.05, 0) is 24.6 Å². The molecule has 116 valence electrons. The van der Waals surface area contributed by atoms with Crippen LogP contribution in [0.1, 0.15) is 5.56 Å². The van der Waals surface area contributed by atoms with Gasteiger partial charge >= 0.3 is 0 Å². The molecule has 1 aliphatic heterocycles. The van der Waals surface area contributed by atoms with Crippen molar-refractivity contribution in [3.8, 4) is 0 Å². The minimum Gasteiger partial charge on any atom is -0.399 e. The van der Waals surface area contributed by atoms with E-state index in [4.69, 9.17) is 15.2 Å². The Morgan fingerprint density at radius 2 is 1.95 bits per heavy atom. The maximum absolute atomic E-state index is 12.1. The number of nitrogens with one attached hydrogen (secondary N) is 1. The van der Waals surface area contributed by atoms with E-state index < -0.39 is 0 Å². The molecule has 2 rings (SSSR count). The second-order valence-corrected chi connectivity index (χ2v) is 5.36. The number of nitrogens with zero attached hydrogens (tertiary/aromatic N) is 1. The molecular formula is C15H23N3O3. The number of likely N-dealkylation sites (tertiary alicyclic amines) is 1. The Morgan fingerprint density at radius 1 is 1.33 bits per heavy atom.